The van der Waals surface area contributed by atoms with Crippen LogP contribution >= 0.6 is 0 Å². The summed E-state index contributed by atoms with van der Waals surface area (Å²) in [6, 6.07) is 23.1. The summed E-state index contributed by atoms with van der Waals surface area (Å²) in [5.41, 5.74) is 9.70. The largest absolute Gasteiger partial charge is 0.293 e. The van der Waals surface area contributed by atoms with E-state index in [2.05, 4.69) is 34.2 Å². The first-order valence-corrected chi connectivity index (χ1v) is 12.4. The van der Waals surface area contributed by atoms with E-state index in [0.29, 0.717) is 22.8 Å². The highest BCUT2D eigenvalue weighted by Crippen LogP contribution is 2.30. The molecule has 0 fully saturated rings. The van der Waals surface area contributed by atoms with Crippen molar-refractivity contribution in [2.45, 2.75) is 41.5 Å². The fraction of sp³-hybridized carbons (Fsp3) is 0.188. The number of hydrogen-bond acceptors (Lipinski definition) is 6. The second-order valence-electron chi connectivity index (χ2n) is 9.33. The van der Waals surface area contributed by atoms with Gasteiger partial charge in [0, 0.05) is 13.8 Å². The topological polar surface area (TPSA) is 84.6 Å². The summed E-state index contributed by atoms with van der Waals surface area (Å²) in [4.78, 5) is 41.7. The number of rotatable bonds is 7. The molecule has 2 aromatic heterocycles. The number of Topliss-reactive ketones (excluding diaryl/α,β-unsaturated/α-hetero) is 2. The predicted molar refractivity (Wildman–Crippen MR) is 154 cm³/mol. The monoisotopic (exact) mass is 502 g/mol. The van der Waals surface area contributed by atoms with Crippen LogP contribution in [0.4, 0.5) is 11.4 Å². The van der Waals surface area contributed by atoms with Crippen molar-refractivity contribution in [3.63, 3.8) is 0 Å². The molecule has 4 rings (SSSR count). The number of aliphatic imine (C=N–C) groups is 2. The summed E-state index contributed by atoms with van der Waals surface area (Å²) < 4.78 is 0. The van der Waals surface area contributed by atoms with Gasteiger partial charge < -0.3 is 0 Å². The lowest BCUT2D eigenvalue weighted by atomic mass is 10.00. The number of carbonyl (C=O) groups is 2. The second-order valence-corrected chi connectivity index (χ2v) is 9.33. The Labute approximate surface area is 223 Å². The molecule has 2 heterocycles. The number of ketones is 2. The van der Waals surface area contributed by atoms with Gasteiger partial charge in [0.25, 0.3) is 0 Å². The van der Waals surface area contributed by atoms with Crippen molar-refractivity contribution in [3.8, 4) is 11.1 Å². The number of carbonyl (C=O) groups excluding carboxylic acids is 2. The van der Waals surface area contributed by atoms with Crippen molar-refractivity contribution in [1.82, 2.24) is 9.97 Å². The van der Waals surface area contributed by atoms with Crippen LogP contribution in [-0.4, -0.2) is 33.0 Å². The molecule has 0 spiro atoms. The molecule has 0 N–H and O–H groups in total. The minimum atomic E-state index is -0.0683. The molecule has 0 atom stereocenters. The lowest BCUT2D eigenvalue weighted by Crippen LogP contribution is -2.04. The molecule has 0 aliphatic rings. The quantitative estimate of drug-likeness (QED) is 0.194. The molecule has 0 unspecified atom stereocenters. The Bertz CT molecular complexity index is 1490. The van der Waals surface area contributed by atoms with Crippen LogP contribution in [-0.2, 0) is 0 Å². The van der Waals surface area contributed by atoms with Crippen molar-refractivity contribution in [2.75, 3.05) is 0 Å². The highest BCUT2D eigenvalue weighted by molar-refractivity contribution is 6.01. The maximum absolute atomic E-state index is 11.7. The Kier molecular flexibility index (Phi) is 7.82. The van der Waals surface area contributed by atoms with Crippen LogP contribution in [0.25, 0.3) is 11.1 Å². The number of nitrogens with zero attached hydrogens (tertiary/aromatic N) is 4. The molecule has 0 aliphatic carbocycles. The number of aryl methyl sites for hydroxylation is 2. The molecule has 2 aromatic carbocycles. The van der Waals surface area contributed by atoms with Gasteiger partial charge in [0.2, 0.25) is 0 Å². The van der Waals surface area contributed by atoms with E-state index in [1.54, 1.807) is 12.1 Å². The van der Waals surface area contributed by atoms with Crippen LogP contribution in [0, 0.1) is 13.8 Å². The van der Waals surface area contributed by atoms with Gasteiger partial charge in [0.15, 0.2) is 11.6 Å². The zero-order chi connectivity index (χ0) is 27.4. The summed E-state index contributed by atoms with van der Waals surface area (Å²) in [6.45, 7) is 10.9. The van der Waals surface area contributed by atoms with E-state index >= 15 is 0 Å². The standard InChI is InChI=1S/C32H30N4O2/c1-19-17-25(13-15-27(19)33-21(3)29-9-7-11-31(35-29)23(5)37)26-14-16-28(20(2)18-26)34-22(4)30-10-8-12-32(36-30)24(6)38/h7-18H,1-6H3. The average molecular weight is 503 g/mol. The molecular weight excluding hydrogens is 472 g/mol. The molecule has 0 saturated carbocycles. The Morgan fingerprint density at radius 3 is 1.26 bits per heavy atom. The van der Waals surface area contributed by atoms with E-state index in [9.17, 15) is 9.59 Å². The molecule has 4 aromatic rings. The van der Waals surface area contributed by atoms with Crippen molar-refractivity contribution >= 4 is 34.4 Å². The lowest BCUT2D eigenvalue weighted by molar-refractivity contribution is 0.100. The summed E-state index contributed by atoms with van der Waals surface area (Å²) >= 11 is 0. The van der Waals surface area contributed by atoms with Crippen LogP contribution in [0.2, 0.25) is 0 Å². The number of aromatic nitrogens is 2. The molecule has 0 radical (unpaired) electrons. The first kappa shape index (κ1) is 26.5. The summed E-state index contributed by atoms with van der Waals surface area (Å²) in [7, 11) is 0. The van der Waals surface area contributed by atoms with Gasteiger partial charge in [-0.1, -0.05) is 24.3 Å². The third-order valence-corrected chi connectivity index (χ3v) is 6.26. The molecule has 6 nitrogen and oxygen atoms in total. The minimum absolute atomic E-state index is 0.0683. The minimum Gasteiger partial charge on any atom is -0.293 e. The number of hydrogen-bond donors (Lipinski definition) is 0. The van der Waals surface area contributed by atoms with Crippen molar-refractivity contribution in [1.29, 1.82) is 0 Å². The van der Waals surface area contributed by atoms with Crippen molar-refractivity contribution < 1.29 is 9.59 Å². The molecule has 38 heavy (non-hydrogen) atoms. The van der Waals surface area contributed by atoms with Gasteiger partial charge in [-0.3, -0.25) is 19.6 Å². The smallest absolute Gasteiger partial charge is 0.178 e. The van der Waals surface area contributed by atoms with E-state index in [4.69, 9.17) is 9.98 Å². The van der Waals surface area contributed by atoms with Gasteiger partial charge in [0.05, 0.1) is 34.2 Å². The highest BCUT2D eigenvalue weighted by atomic mass is 16.1. The van der Waals surface area contributed by atoms with Gasteiger partial charge in [-0.25, -0.2) is 9.97 Å². The van der Waals surface area contributed by atoms with Crippen molar-refractivity contribution in [3.05, 3.63) is 107 Å². The van der Waals surface area contributed by atoms with Crippen LogP contribution in [0.3, 0.4) is 0 Å². The lowest BCUT2D eigenvalue weighted by Gasteiger charge is -2.10. The number of pyridine rings is 2. The van der Waals surface area contributed by atoms with Gasteiger partial charge in [0.1, 0.15) is 11.4 Å². The van der Waals surface area contributed by atoms with Crippen LogP contribution in [0.1, 0.15) is 71.2 Å². The molecular formula is C32H30N4O2. The zero-order valence-corrected chi connectivity index (χ0v) is 22.5. The van der Waals surface area contributed by atoms with E-state index in [1.807, 2.05) is 64.1 Å². The summed E-state index contributed by atoms with van der Waals surface area (Å²) in [5, 5.41) is 0. The first-order chi connectivity index (χ1) is 18.1. The Hall–Kier alpha value is -4.58. The van der Waals surface area contributed by atoms with Gasteiger partial charge >= 0.3 is 0 Å². The number of benzene rings is 2. The Morgan fingerprint density at radius 1 is 0.553 bits per heavy atom. The maximum atomic E-state index is 11.7. The first-order valence-electron chi connectivity index (χ1n) is 12.4. The highest BCUT2D eigenvalue weighted by Gasteiger charge is 2.09. The third-order valence-electron chi connectivity index (χ3n) is 6.26. The van der Waals surface area contributed by atoms with Crippen LogP contribution in [0.15, 0.2) is 82.8 Å². The average Bonchev–Trinajstić information content (AvgIpc) is 2.91. The Balaban J connectivity index is 1.58. The van der Waals surface area contributed by atoms with E-state index in [0.717, 1.165) is 45.1 Å². The van der Waals surface area contributed by atoms with E-state index in [-0.39, 0.29) is 11.6 Å². The van der Waals surface area contributed by atoms with Crippen LogP contribution in [0.5, 0.6) is 0 Å². The summed E-state index contributed by atoms with van der Waals surface area (Å²) in [6.07, 6.45) is 0. The van der Waals surface area contributed by atoms with E-state index < -0.39 is 0 Å². The fourth-order valence-corrected chi connectivity index (χ4v) is 4.06. The summed E-state index contributed by atoms with van der Waals surface area (Å²) in [5.74, 6) is -0.137. The van der Waals surface area contributed by atoms with E-state index in [1.165, 1.54) is 13.8 Å². The van der Waals surface area contributed by atoms with Gasteiger partial charge in [-0.2, -0.15) is 0 Å². The molecule has 0 aliphatic heterocycles. The predicted octanol–water partition coefficient (Wildman–Crippen LogP) is 7.45. The molecule has 0 bridgehead atoms. The normalized spacial score (nSPS) is 11.9. The SMILES string of the molecule is CC(=O)c1cccc(C(C)=Nc2ccc(-c3ccc(N=C(C)c4cccc(C(C)=O)n4)c(C)c3)cc2C)n1. The van der Waals surface area contributed by atoms with Gasteiger partial charge in [-0.05, 0) is 98.5 Å². The Morgan fingerprint density at radius 2 is 0.921 bits per heavy atom. The zero-order valence-electron chi connectivity index (χ0n) is 22.5. The van der Waals surface area contributed by atoms with Crippen molar-refractivity contribution in [2.24, 2.45) is 9.98 Å². The molecule has 6 heteroatoms. The maximum Gasteiger partial charge on any atom is 0.178 e. The fourth-order valence-electron chi connectivity index (χ4n) is 4.06. The van der Waals surface area contributed by atoms with Crippen LogP contribution < -0.4 is 0 Å². The van der Waals surface area contributed by atoms with Gasteiger partial charge in [-0.15, -0.1) is 0 Å². The second kappa shape index (κ2) is 11.2. The molecule has 190 valence electrons. The molecule has 0 saturated heterocycles. The third kappa shape index (κ3) is 6.03. The molecule has 0 amide bonds.